The van der Waals surface area contributed by atoms with E-state index in [9.17, 15) is 9.65 Å². The van der Waals surface area contributed by atoms with Gasteiger partial charge in [-0.05, 0) is 12.8 Å². The number of alkyl halides is 1. The number of rotatable bonds is 4. The van der Waals surface area contributed by atoms with E-state index in [1.807, 2.05) is 11.0 Å². The number of halogens is 1. The first kappa shape index (κ1) is 19.5. The van der Waals surface area contributed by atoms with Crippen molar-refractivity contribution < 1.29 is 13.9 Å². The summed E-state index contributed by atoms with van der Waals surface area (Å²) in [4.78, 5) is 9.32. The Labute approximate surface area is 183 Å². The molecule has 2 bridgehead atoms. The molecule has 0 radical (unpaired) electrons. The minimum atomic E-state index is -0.543. The molecular formula is C21H23FN8O2. The number of hydrogen-bond donors (Lipinski definition) is 1. The number of aromatic amines is 1. The molecule has 0 spiro atoms. The third-order valence-electron chi connectivity index (χ3n) is 6.64. The third kappa shape index (κ3) is 2.94. The van der Waals surface area contributed by atoms with Crippen molar-refractivity contribution in [2.24, 2.45) is 0 Å². The van der Waals surface area contributed by atoms with Crippen molar-refractivity contribution in [3.63, 3.8) is 0 Å². The van der Waals surface area contributed by atoms with Crippen LogP contribution in [-0.4, -0.2) is 82.7 Å². The van der Waals surface area contributed by atoms with Crippen LogP contribution in [0.15, 0.2) is 18.3 Å². The molecule has 0 aliphatic carbocycles. The van der Waals surface area contributed by atoms with Crippen LogP contribution < -0.4 is 9.80 Å². The van der Waals surface area contributed by atoms with Gasteiger partial charge in [0, 0.05) is 18.7 Å². The van der Waals surface area contributed by atoms with E-state index in [0.29, 0.717) is 49.8 Å². The molecule has 3 aromatic heterocycles. The molecule has 0 aromatic carbocycles. The van der Waals surface area contributed by atoms with Gasteiger partial charge in [0.25, 0.3) is 0 Å². The number of hydrogen-bond acceptors (Lipinski definition) is 8. The van der Waals surface area contributed by atoms with Gasteiger partial charge in [0.15, 0.2) is 17.2 Å². The number of pyridine rings is 1. The summed E-state index contributed by atoms with van der Waals surface area (Å²) >= 11 is 0. The van der Waals surface area contributed by atoms with Gasteiger partial charge in [-0.3, -0.25) is 5.10 Å². The van der Waals surface area contributed by atoms with Gasteiger partial charge >= 0.3 is 0 Å². The number of ether oxygens (including phenoxy) is 2. The summed E-state index contributed by atoms with van der Waals surface area (Å²) in [6, 6.07) is 6.06. The summed E-state index contributed by atoms with van der Waals surface area (Å²) in [6.07, 6.45) is 3.73. The number of nitrogens with one attached hydrogen (secondary N) is 1. The van der Waals surface area contributed by atoms with Crippen molar-refractivity contribution in [3.8, 4) is 11.9 Å². The van der Waals surface area contributed by atoms with E-state index >= 15 is 0 Å². The summed E-state index contributed by atoms with van der Waals surface area (Å²) in [5, 5.41) is 22.0. The smallest absolute Gasteiger partial charge is 0.174 e. The van der Waals surface area contributed by atoms with E-state index in [1.165, 1.54) is 0 Å². The molecule has 3 atom stereocenters. The van der Waals surface area contributed by atoms with Gasteiger partial charge < -0.3 is 19.3 Å². The minimum absolute atomic E-state index is 0.248. The average Bonchev–Trinajstić information content (AvgIpc) is 3.54. The van der Waals surface area contributed by atoms with Crippen LogP contribution in [0.2, 0.25) is 0 Å². The van der Waals surface area contributed by atoms with E-state index < -0.39 is 12.7 Å². The molecule has 11 heteroatoms. The quantitative estimate of drug-likeness (QED) is 0.654. The molecule has 166 valence electrons. The second kappa shape index (κ2) is 7.72. The van der Waals surface area contributed by atoms with Crippen molar-refractivity contribution >= 4 is 22.5 Å². The fourth-order valence-corrected chi connectivity index (χ4v) is 5.16. The van der Waals surface area contributed by atoms with Gasteiger partial charge in [0.1, 0.15) is 18.6 Å². The van der Waals surface area contributed by atoms with Crippen LogP contribution in [0.4, 0.5) is 15.9 Å². The maximum atomic E-state index is 14.0. The van der Waals surface area contributed by atoms with Crippen molar-refractivity contribution in [3.05, 3.63) is 24.0 Å². The maximum Gasteiger partial charge on any atom is 0.174 e. The number of nitriles is 1. The zero-order chi connectivity index (χ0) is 21.7. The standard InChI is InChI=1S/C21H23FN8O2/c22-8-15-12-31-6-5-28(15)17-7-19(29-13-1-2-14(29)11-32-10-13)25-21-20(17)16(9-23)27-30(21)18-3-4-24-26-18/h3-4,7,13-15H,1-2,5-6,8,10-12H2,(H,24,26)/t13?,14?,15-/m1/s1. The molecule has 6 heterocycles. The Hall–Kier alpha value is -3.23. The number of nitrogens with zero attached hydrogens (tertiary/aromatic N) is 7. The summed E-state index contributed by atoms with van der Waals surface area (Å²) in [6.45, 7) is 2.12. The predicted octanol–water partition coefficient (Wildman–Crippen LogP) is 1.56. The molecule has 3 fully saturated rings. The first-order valence-corrected chi connectivity index (χ1v) is 10.9. The Balaban J connectivity index is 1.60. The van der Waals surface area contributed by atoms with E-state index in [0.717, 1.165) is 24.3 Å². The lowest BCUT2D eigenvalue weighted by Crippen LogP contribution is -2.48. The number of anilines is 2. The Kier molecular flexibility index (Phi) is 4.69. The first-order chi connectivity index (χ1) is 15.8. The van der Waals surface area contributed by atoms with Crippen LogP contribution in [0.25, 0.3) is 16.9 Å². The fourth-order valence-electron chi connectivity index (χ4n) is 5.16. The van der Waals surface area contributed by atoms with Gasteiger partial charge in [0.05, 0.1) is 61.8 Å². The molecule has 2 unspecified atom stereocenters. The molecule has 6 rings (SSSR count). The lowest BCUT2D eigenvalue weighted by molar-refractivity contribution is 0.0860. The minimum Gasteiger partial charge on any atom is -0.377 e. The van der Waals surface area contributed by atoms with E-state index in [2.05, 4.69) is 26.3 Å². The zero-order valence-corrected chi connectivity index (χ0v) is 17.4. The molecule has 0 saturated carbocycles. The van der Waals surface area contributed by atoms with Gasteiger partial charge in [-0.25, -0.2) is 9.37 Å². The highest BCUT2D eigenvalue weighted by Crippen LogP contribution is 2.39. The van der Waals surface area contributed by atoms with Gasteiger partial charge in [-0.2, -0.15) is 20.1 Å². The number of aromatic nitrogens is 5. The Bertz CT molecular complexity index is 1160. The highest BCUT2D eigenvalue weighted by molar-refractivity contribution is 5.96. The van der Waals surface area contributed by atoms with Crippen LogP contribution in [0, 0.1) is 11.3 Å². The molecule has 32 heavy (non-hydrogen) atoms. The Morgan fingerprint density at radius 2 is 2.06 bits per heavy atom. The monoisotopic (exact) mass is 438 g/mol. The molecule has 3 aliphatic rings. The lowest BCUT2D eigenvalue weighted by Gasteiger charge is -2.38. The van der Waals surface area contributed by atoms with Crippen LogP contribution in [0.3, 0.4) is 0 Å². The normalized spacial score (nSPS) is 25.4. The number of H-pyrrole nitrogens is 1. The SMILES string of the molecule is N#Cc1nn(-c2ccn[nH]2)c2nc(N3C4CCC3COC4)cc(N3CCOC[C@H]3CF)c12. The average molecular weight is 438 g/mol. The van der Waals surface area contributed by atoms with Crippen LogP contribution in [0.5, 0.6) is 0 Å². The van der Waals surface area contributed by atoms with Crippen LogP contribution in [-0.2, 0) is 9.47 Å². The molecule has 10 nitrogen and oxygen atoms in total. The molecule has 3 aromatic rings. The number of morpholine rings is 2. The number of fused-ring (bicyclic) bond motifs is 3. The van der Waals surface area contributed by atoms with Crippen molar-refractivity contribution in [1.82, 2.24) is 25.0 Å². The van der Waals surface area contributed by atoms with Gasteiger partial charge in [0.2, 0.25) is 0 Å². The highest BCUT2D eigenvalue weighted by Gasteiger charge is 2.39. The molecular weight excluding hydrogens is 415 g/mol. The zero-order valence-electron chi connectivity index (χ0n) is 17.4. The highest BCUT2D eigenvalue weighted by atomic mass is 19.1. The molecule has 3 aliphatic heterocycles. The van der Waals surface area contributed by atoms with Crippen molar-refractivity contribution in [1.29, 1.82) is 5.26 Å². The summed E-state index contributed by atoms with van der Waals surface area (Å²) < 4.78 is 26.8. The van der Waals surface area contributed by atoms with Gasteiger partial charge in [-0.1, -0.05) is 0 Å². The third-order valence-corrected chi connectivity index (χ3v) is 6.64. The van der Waals surface area contributed by atoms with Crippen molar-refractivity contribution in [2.45, 2.75) is 31.0 Å². The van der Waals surface area contributed by atoms with E-state index in [-0.39, 0.29) is 17.8 Å². The van der Waals surface area contributed by atoms with Crippen molar-refractivity contribution in [2.75, 3.05) is 49.4 Å². The second-order valence-electron chi connectivity index (χ2n) is 8.42. The molecule has 3 saturated heterocycles. The second-order valence-corrected chi connectivity index (χ2v) is 8.42. The van der Waals surface area contributed by atoms with Crippen LogP contribution >= 0.6 is 0 Å². The topological polar surface area (TPSA) is 108 Å². The van der Waals surface area contributed by atoms with Gasteiger partial charge in [-0.15, -0.1) is 0 Å². The maximum absolute atomic E-state index is 14.0. The Morgan fingerprint density at radius 3 is 2.78 bits per heavy atom. The molecule has 0 amide bonds. The summed E-state index contributed by atoms with van der Waals surface area (Å²) in [5.41, 5.74) is 1.56. The summed E-state index contributed by atoms with van der Waals surface area (Å²) in [5.74, 6) is 1.42. The largest absolute Gasteiger partial charge is 0.377 e. The Morgan fingerprint density at radius 1 is 1.22 bits per heavy atom. The lowest BCUT2D eigenvalue weighted by atomic mass is 10.1. The summed E-state index contributed by atoms with van der Waals surface area (Å²) in [7, 11) is 0. The van der Waals surface area contributed by atoms with E-state index in [1.54, 1.807) is 16.9 Å². The predicted molar refractivity (Wildman–Crippen MR) is 114 cm³/mol. The fraction of sp³-hybridized carbons (Fsp3) is 0.524. The van der Waals surface area contributed by atoms with E-state index in [4.69, 9.17) is 14.5 Å². The first-order valence-electron chi connectivity index (χ1n) is 10.9. The van der Waals surface area contributed by atoms with Crippen LogP contribution in [0.1, 0.15) is 18.5 Å². The molecule has 1 N–H and O–H groups in total.